The van der Waals surface area contributed by atoms with Crippen molar-refractivity contribution in [1.82, 2.24) is 18.7 Å². The van der Waals surface area contributed by atoms with Crippen LogP contribution in [0.3, 0.4) is 0 Å². The summed E-state index contributed by atoms with van der Waals surface area (Å²) in [5.41, 5.74) is -0.304. The molecule has 0 saturated heterocycles. The molecule has 1 radical (unpaired) electrons. The maximum Gasteiger partial charge on any atom is 0.332 e. The quantitative estimate of drug-likeness (QED) is 0.759. The molecule has 2 rings (SSSR count). The van der Waals surface area contributed by atoms with Gasteiger partial charge in [0.25, 0.3) is 5.56 Å². The smallest absolute Gasteiger partial charge is 0.332 e. The Morgan fingerprint density at radius 3 is 2.39 bits per heavy atom. The number of aliphatic hydroxyl groups is 1. The summed E-state index contributed by atoms with van der Waals surface area (Å²) in [6.45, 7) is 3.60. The van der Waals surface area contributed by atoms with Gasteiger partial charge < -0.3 is 9.67 Å². The van der Waals surface area contributed by atoms with Crippen LogP contribution >= 0.6 is 0 Å². The Morgan fingerprint density at radius 2 is 1.83 bits per heavy atom. The predicted molar refractivity (Wildman–Crippen MR) is 66.1 cm³/mol. The molecule has 0 fully saturated rings. The molecular formula is C11H15N4O3. The summed E-state index contributed by atoms with van der Waals surface area (Å²) in [6, 6.07) is 0. The number of aromatic nitrogens is 4. The molecule has 0 aliphatic carbocycles. The second-order valence-corrected chi connectivity index (χ2v) is 4.21. The van der Waals surface area contributed by atoms with Crippen molar-refractivity contribution in [2.45, 2.75) is 12.5 Å². The van der Waals surface area contributed by atoms with E-state index in [4.69, 9.17) is 0 Å². The van der Waals surface area contributed by atoms with E-state index in [0.717, 1.165) is 4.57 Å². The summed E-state index contributed by atoms with van der Waals surface area (Å²) >= 11 is 0. The highest BCUT2D eigenvalue weighted by Crippen LogP contribution is 2.17. The average molecular weight is 251 g/mol. The zero-order valence-electron chi connectivity index (χ0n) is 10.5. The summed E-state index contributed by atoms with van der Waals surface area (Å²) < 4.78 is 3.81. The molecule has 0 saturated carbocycles. The summed E-state index contributed by atoms with van der Waals surface area (Å²) in [6.07, 6.45) is -0.618. The van der Waals surface area contributed by atoms with Crippen LogP contribution in [0.2, 0.25) is 0 Å². The summed E-state index contributed by atoms with van der Waals surface area (Å²) in [5, 5.41) is 9.79. The number of rotatable bonds is 2. The fourth-order valence-corrected chi connectivity index (χ4v) is 1.96. The Bertz CT molecular complexity index is 722. The third-order valence-corrected chi connectivity index (χ3v) is 3.08. The van der Waals surface area contributed by atoms with E-state index < -0.39 is 17.4 Å². The van der Waals surface area contributed by atoms with Gasteiger partial charge in [-0.05, 0) is 6.42 Å². The van der Waals surface area contributed by atoms with Gasteiger partial charge in [-0.25, -0.2) is 9.78 Å². The summed E-state index contributed by atoms with van der Waals surface area (Å²) in [7, 11) is 4.58. The largest absolute Gasteiger partial charge is 0.385 e. The minimum atomic E-state index is -0.859. The van der Waals surface area contributed by atoms with Crippen LogP contribution < -0.4 is 11.2 Å². The Hall–Kier alpha value is -1.89. The molecule has 0 aliphatic rings. The summed E-state index contributed by atoms with van der Waals surface area (Å²) in [5.74, 6) is 0.332. The molecule has 1 atom stereocenters. The number of aliphatic hydroxyl groups excluding tert-OH is 1. The van der Waals surface area contributed by atoms with Gasteiger partial charge in [-0.15, -0.1) is 0 Å². The van der Waals surface area contributed by atoms with E-state index in [1.165, 1.54) is 23.2 Å². The van der Waals surface area contributed by atoms with Crippen molar-refractivity contribution >= 4 is 11.2 Å². The van der Waals surface area contributed by atoms with Gasteiger partial charge in [-0.2, -0.15) is 0 Å². The highest BCUT2D eigenvalue weighted by Gasteiger charge is 2.20. The van der Waals surface area contributed by atoms with Crippen LogP contribution in [0.25, 0.3) is 11.2 Å². The van der Waals surface area contributed by atoms with Crippen molar-refractivity contribution in [3.05, 3.63) is 33.6 Å². The fraction of sp³-hybridized carbons (Fsp3) is 0.455. The first-order valence-electron chi connectivity index (χ1n) is 5.49. The maximum atomic E-state index is 12.0. The van der Waals surface area contributed by atoms with Crippen LogP contribution in [0.15, 0.2) is 9.59 Å². The molecular weight excluding hydrogens is 236 g/mol. The van der Waals surface area contributed by atoms with E-state index >= 15 is 0 Å². The molecule has 0 aromatic carbocycles. The van der Waals surface area contributed by atoms with Crippen molar-refractivity contribution in [3.8, 4) is 0 Å². The SMILES string of the molecule is [CH2]CC(O)c1nc2c(c(=O)n(C)c(=O)n2C)n1C. The van der Waals surface area contributed by atoms with Crippen molar-refractivity contribution < 1.29 is 5.11 Å². The zero-order chi connectivity index (χ0) is 13.6. The van der Waals surface area contributed by atoms with Crippen molar-refractivity contribution in [2.75, 3.05) is 0 Å². The molecule has 0 bridgehead atoms. The molecule has 2 aromatic rings. The minimum absolute atomic E-state index is 0.241. The van der Waals surface area contributed by atoms with Gasteiger partial charge in [0.2, 0.25) is 0 Å². The average Bonchev–Trinajstić information content (AvgIpc) is 2.71. The first-order chi connectivity index (χ1) is 8.40. The number of aryl methyl sites for hydroxylation is 2. The van der Waals surface area contributed by atoms with E-state index in [1.807, 2.05) is 0 Å². The van der Waals surface area contributed by atoms with Crippen LogP contribution in [-0.2, 0) is 21.1 Å². The van der Waals surface area contributed by atoms with Gasteiger partial charge in [0.05, 0.1) is 0 Å². The minimum Gasteiger partial charge on any atom is -0.385 e. The van der Waals surface area contributed by atoms with E-state index in [1.54, 1.807) is 7.05 Å². The fourth-order valence-electron chi connectivity index (χ4n) is 1.96. The predicted octanol–water partition coefficient (Wildman–Crippen LogP) is -0.772. The summed E-state index contributed by atoms with van der Waals surface area (Å²) in [4.78, 5) is 28.0. The van der Waals surface area contributed by atoms with Gasteiger partial charge in [0.1, 0.15) is 11.9 Å². The standard InChI is InChI=1S/C11H15N4O3/c1-5-6(16)8-12-9-7(13(8)2)10(17)15(4)11(18)14(9)3/h6,16H,1,5H2,2-4H3. The van der Waals surface area contributed by atoms with Gasteiger partial charge in [-0.3, -0.25) is 13.9 Å². The van der Waals surface area contributed by atoms with Gasteiger partial charge in [0, 0.05) is 21.1 Å². The Kier molecular flexibility index (Phi) is 2.86. The van der Waals surface area contributed by atoms with Crippen LogP contribution in [0.5, 0.6) is 0 Å². The van der Waals surface area contributed by atoms with Crippen LogP contribution in [0.4, 0.5) is 0 Å². The Labute approximate surface area is 103 Å². The molecule has 7 heteroatoms. The van der Waals surface area contributed by atoms with Crippen molar-refractivity contribution in [1.29, 1.82) is 0 Å². The number of nitrogens with zero attached hydrogens (tertiary/aromatic N) is 4. The normalized spacial score (nSPS) is 13.2. The van der Waals surface area contributed by atoms with Crippen LogP contribution in [0.1, 0.15) is 18.3 Å². The van der Waals surface area contributed by atoms with Gasteiger partial charge >= 0.3 is 5.69 Å². The third kappa shape index (κ3) is 1.51. The zero-order valence-corrected chi connectivity index (χ0v) is 10.5. The van der Waals surface area contributed by atoms with E-state index in [2.05, 4.69) is 11.9 Å². The molecule has 1 N–H and O–H groups in total. The second-order valence-electron chi connectivity index (χ2n) is 4.21. The van der Waals surface area contributed by atoms with Crippen molar-refractivity contribution in [3.63, 3.8) is 0 Å². The number of hydrogen-bond donors (Lipinski definition) is 1. The van der Waals surface area contributed by atoms with E-state index in [0.29, 0.717) is 11.3 Å². The molecule has 18 heavy (non-hydrogen) atoms. The molecule has 1 unspecified atom stereocenters. The number of hydrogen-bond acceptors (Lipinski definition) is 4. The first kappa shape index (κ1) is 12.6. The van der Waals surface area contributed by atoms with Crippen LogP contribution in [0, 0.1) is 6.92 Å². The second kappa shape index (κ2) is 4.09. The van der Waals surface area contributed by atoms with Crippen LogP contribution in [-0.4, -0.2) is 23.8 Å². The molecule has 2 aromatic heterocycles. The van der Waals surface area contributed by atoms with E-state index in [9.17, 15) is 14.7 Å². The first-order valence-corrected chi connectivity index (χ1v) is 5.49. The topological polar surface area (TPSA) is 82.1 Å². The highest BCUT2D eigenvalue weighted by atomic mass is 16.3. The lowest BCUT2D eigenvalue weighted by molar-refractivity contribution is 0.168. The molecule has 0 aliphatic heterocycles. The lowest BCUT2D eigenvalue weighted by atomic mass is 10.3. The highest BCUT2D eigenvalue weighted by molar-refractivity contribution is 5.71. The van der Waals surface area contributed by atoms with Crippen molar-refractivity contribution in [2.24, 2.45) is 21.1 Å². The Balaban J connectivity index is 2.98. The molecule has 0 spiro atoms. The monoisotopic (exact) mass is 251 g/mol. The lowest BCUT2D eigenvalue weighted by Crippen LogP contribution is -2.37. The maximum absolute atomic E-state index is 12.0. The third-order valence-electron chi connectivity index (χ3n) is 3.08. The Morgan fingerprint density at radius 1 is 1.22 bits per heavy atom. The van der Waals surface area contributed by atoms with E-state index in [-0.39, 0.29) is 12.1 Å². The molecule has 7 nitrogen and oxygen atoms in total. The molecule has 2 heterocycles. The molecule has 97 valence electrons. The van der Waals surface area contributed by atoms with Gasteiger partial charge in [-0.1, -0.05) is 6.92 Å². The number of imidazole rings is 1. The lowest BCUT2D eigenvalue weighted by Gasteiger charge is -2.06. The molecule has 0 amide bonds. The van der Waals surface area contributed by atoms with Gasteiger partial charge in [0.15, 0.2) is 11.2 Å². The number of fused-ring (bicyclic) bond motifs is 1.